The van der Waals surface area contributed by atoms with Crippen molar-refractivity contribution in [2.45, 2.75) is 38.1 Å². The molecule has 1 fully saturated rings. The Kier molecular flexibility index (Phi) is 6.05. The van der Waals surface area contributed by atoms with E-state index in [0.29, 0.717) is 5.92 Å². The first-order valence-corrected chi connectivity index (χ1v) is 11.2. The van der Waals surface area contributed by atoms with Gasteiger partial charge < -0.3 is 9.47 Å². The highest BCUT2D eigenvalue weighted by atomic mass is 19.4. The number of fused-ring (bicyclic) bond motifs is 2. The molecule has 1 heterocycles. The van der Waals surface area contributed by atoms with Gasteiger partial charge in [0.1, 0.15) is 11.6 Å². The minimum atomic E-state index is -4.83. The molecule has 7 heteroatoms. The topological polar surface area (TPSA) is 18.5 Å². The molecule has 0 radical (unpaired) electrons. The molecule has 5 rings (SSSR count). The van der Waals surface area contributed by atoms with Gasteiger partial charge in [-0.3, -0.25) is 0 Å². The van der Waals surface area contributed by atoms with Crippen molar-refractivity contribution in [3.05, 3.63) is 70.8 Å². The van der Waals surface area contributed by atoms with E-state index < -0.39 is 23.4 Å². The van der Waals surface area contributed by atoms with Gasteiger partial charge in [-0.05, 0) is 65.5 Å². The lowest BCUT2D eigenvalue weighted by Crippen LogP contribution is -2.35. The van der Waals surface area contributed by atoms with Crippen LogP contribution in [0.15, 0.2) is 42.5 Å². The highest BCUT2D eigenvalue weighted by molar-refractivity contribution is 5.89. The average molecular weight is 472 g/mol. The van der Waals surface area contributed by atoms with Crippen LogP contribution in [0.4, 0.5) is 22.0 Å². The lowest BCUT2D eigenvalue weighted by molar-refractivity contribution is -0.206. The molecule has 2 nitrogen and oxygen atoms in total. The van der Waals surface area contributed by atoms with Crippen molar-refractivity contribution in [1.82, 2.24) is 0 Å². The second kappa shape index (κ2) is 9.01. The second-order valence-electron chi connectivity index (χ2n) is 8.68. The average Bonchev–Trinajstić information content (AvgIpc) is 2.82. The van der Waals surface area contributed by atoms with Crippen molar-refractivity contribution in [2.75, 3.05) is 13.2 Å². The molecule has 0 saturated carbocycles. The predicted molar refractivity (Wildman–Crippen MR) is 118 cm³/mol. The predicted octanol–water partition coefficient (Wildman–Crippen LogP) is 6.57. The summed E-state index contributed by atoms with van der Waals surface area (Å²) in [6.07, 6.45) is -1.36. The van der Waals surface area contributed by atoms with Crippen LogP contribution in [0, 0.1) is 29.4 Å². The second-order valence-corrected chi connectivity index (χ2v) is 8.68. The summed E-state index contributed by atoms with van der Waals surface area (Å²) in [4.78, 5) is 0. The molecule has 3 aromatic carbocycles. The summed E-state index contributed by atoms with van der Waals surface area (Å²) in [6.45, 7) is 1.46. The van der Waals surface area contributed by atoms with Crippen molar-refractivity contribution in [2.24, 2.45) is 5.92 Å². The third kappa shape index (κ3) is 4.66. The fraction of sp³-hybridized carbons (Fsp3) is 0.333. The highest BCUT2D eigenvalue weighted by Gasteiger charge is 2.29. The van der Waals surface area contributed by atoms with Crippen LogP contribution in [0.25, 0.3) is 21.9 Å². The van der Waals surface area contributed by atoms with Gasteiger partial charge in [0.05, 0.1) is 18.8 Å². The smallest absolute Gasteiger partial charge is 0.352 e. The van der Waals surface area contributed by atoms with E-state index in [2.05, 4.69) is 12.1 Å². The minimum absolute atomic E-state index is 0.0184. The van der Waals surface area contributed by atoms with Crippen LogP contribution in [-0.2, 0) is 22.3 Å². The molecule has 176 valence electrons. The van der Waals surface area contributed by atoms with Crippen LogP contribution < -0.4 is 0 Å². The number of benzene rings is 3. The molecule has 0 bridgehead atoms. The molecule has 1 saturated heterocycles. The molecular formula is C27H21F5O2. The summed E-state index contributed by atoms with van der Waals surface area (Å²) >= 11 is 0. The molecule has 3 aromatic rings. The molecule has 34 heavy (non-hydrogen) atoms. The van der Waals surface area contributed by atoms with Gasteiger partial charge in [0.2, 0.25) is 0 Å². The van der Waals surface area contributed by atoms with Gasteiger partial charge in [-0.2, -0.15) is 13.2 Å². The summed E-state index contributed by atoms with van der Waals surface area (Å²) in [5.74, 6) is 0.608. The third-order valence-electron chi connectivity index (χ3n) is 6.40. The van der Waals surface area contributed by atoms with E-state index in [-0.39, 0.29) is 17.1 Å². The van der Waals surface area contributed by atoms with E-state index in [1.165, 1.54) is 17.2 Å². The molecule has 1 atom stereocenters. The molecule has 2 aliphatic rings. The molecular weight excluding hydrogens is 451 g/mol. The third-order valence-corrected chi connectivity index (χ3v) is 6.40. The number of hydrogen-bond acceptors (Lipinski definition) is 2. The fourth-order valence-corrected chi connectivity index (χ4v) is 4.73. The number of halogens is 5. The Bertz CT molecular complexity index is 1300. The first-order chi connectivity index (χ1) is 16.3. The zero-order chi connectivity index (χ0) is 23.9. The molecule has 1 aliphatic carbocycles. The first kappa shape index (κ1) is 22.8. The van der Waals surface area contributed by atoms with Crippen LogP contribution in [0.5, 0.6) is 0 Å². The zero-order valence-electron chi connectivity index (χ0n) is 18.1. The minimum Gasteiger partial charge on any atom is -0.352 e. The Morgan fingerprint density at radius 3 is 2.38 bits per heavy atom. The maximum atomic E-state index is 14.7. The summed E-state index contributed by atoms with van der Waals surface area (Å²) < 4.78 is 77.7. The Balaban J connectivity index is 1.43. The summed E-state index contributed by atoms with van der Waals surface area (Å²) in [5, 5.41) is 0.277. The van der Waals surface area contributed by atoms with Crippen LogP contribution in [-0.4, -0.2) is 25.7 Å². The largest absolute Gasteiger partial charge is 0.458 e. The van der Waals surface area contributed by atoms with Gasteiger partial charge in [-0.1, -0.05) is 36.3 Å². The van der Waals surface area contributed by atoms with E-state index in [1.807, 2.05) is 6.07 Å². The van der Waals surface area contributed by atoms with E-state index in [1.54, 1.807) is 18.1 Å². The summed E-state index contributed by atoms with van der Waals surface area (Å²) in [7, 11) is 0. The van der Waals surface area contributed by atoms with Gasteiger partial charge >= 0.3 is 6.18 Å². The molecule has 0 spiro atoms. The van der Waals surface area contributed by atoms with Crippen LogP contribution in [0.1, 0.15) is 29.5 Å². The van der Waals surface area contributed by atoms with Crippen molar-refractivity contribution < 1.29 is 31.4 Å². The quantitative estimate of drug-likeness (QED) is 0.310. The van der Waals surface area contributed by atoms with Gasteiger partial charge in [0, 0.05) is 17.2 Å². The lowest BCUT2D eigenvalue weighted by atomic mass is 9.82. The number of rotatable bonds is 2. The highest BCUT2D eigenvalue weighted by Crippen LogP contribution is 2.34. The van der Waals surface area contributed by atoms with Gasteiger partial charge in [-0.15, -0.1) is 0 Å². The first-order valence-electron chi connectivity index (χ1n) is 11.2. The molecule has 0 amide bonds. The Hall–Kier alpha value is -2.95. The van der Waals surface area contributed by atoms with E-state index in [4.69, 9.17) is 9.47 Å². The standard InChI is InChI=1S/C27H21F5O2/c28-24-15-21-14-19(6-7-22(21)25(29)23(24)8-9-27(30,31)32)16-2-3-18-13-20(5-4-17(18)12-16)26-33-10-1-11-34-26/h2-3,6-7,12,14-15,20,26H,1,4-5,10-11,13H2. The molecule has 0 N–H and O–H groups in total. The van der Waals surface area contributed by atoms with Crippen molar-refractivity contribution in [3.8, 4) is 23.0 Å². The monoisotopic (exact) mass is 472 g/mol. The normalized spacial score (nSPS) is 18.9. The zero-order valence-corrected chi connectivity index (χ0v) is 18.1. The van der Waals surface area contributed by atoms with Crippen LogP contribution in [0.3, 0.4) is 0 Å². The van der Waals surface area contributed by atoms with Crippen molar-refractivity contribution >= 4 is 10.8 Å². The number of hydrogen-bond donors (Lipinski definition) is 0. The maximum Gasteiger partial charge on any atom is 0.458 e. The SMILES string of the molecule is Fc1cc2cc(-c3ccc4c(c3)CCC(C3OCCCO3)C4)ccc2c(F)c1C#CC(F)(F)F. The van der Waals surface area contributed by atoms with Crippen molar-refractivity contribution in [1.29, 1.82) is 0 Å². The van der Waals surface area contributed by atoms with E-state index >= 15 is 0 Å². The van der Waals surface area contributed by atoms with E-state index in [9.17, 15) is 22.0 Å². The summed E-state index contributed by atoms with van der Waals surface area (Å²) in [6, 6.07) is 11.9. The molecule has 0 aromatic heterocycles. The summed E-state index contributed by atoms with van der Waals surface area (Å²) in [5.41, 5.74) is 3.26. The molecule has 1 unspecified atom stereocenters. The van der Waals surface area contributed by atoms with Crippen molar-refractivity contribution in [3.63, 3.8) is 0 Å². The van der Waals surface area contributed by atoms with Crippen LogP contribution in [0.2, 0.25) is 0 Å². The van der Waals surface area contributed by atoms with Gasteiger partial charge in [-0.25, -0.2) is 8.78 Å². The number of ether oxygens (including phenoxy) is 2. The van der Waals surface area contributed by atoms with Gasteiger partial charge in [0.25, 0.3) is 0 Å². The lowest BCUT2D eigenvalue weighted by Gasteiger charge is -2.33. The molecule has 1 aliphatic heterocycles. The Morgan fingerprint density at radius 2 is 1.62 bits per heavy atom. The van der Waals surface area contributed by atoms with Crippen LogP contribution >= 0.6 is 0 Å². The Labute approximate surface area is 193 Å². The number of aryl methyl sites for hydroxylation is 1. The van der Waals surface area contributed by atoms with Gasteiger partial charge in [0.15, 0.2) is 6.29 Å². The Morgan fingerprint density at radius 1 is 0.882 bits per heavy atom. The maximum absolute atomic E-state index is 14.7. The van der Waals surface area contributed by atoms with E-state index in [0.717, 1.165) is 62.0 Å². The fourth-order valence-electron chi connectivity index (χ4n) is 4.73. The number of alkyl halides is 3.